The number of furan rings is 1. The Morgan fingerprint density at radius 1 is 1.29 bits per heavy atom. The van der Waals surface area contributed by atoms with Crippen LogP contribution in [0.2, 0.25) is 0 Å². The van der Waals surface area contributed by atoms with Gasteiger partial charge in [-0.15, -0.1) is 0 Å². The number of primary amides is 1. The molecule has 4 N–H and O–H groups in total. The Bertz CT molecular complexity index is 691. The van der Waals surface area contributed by atoms with Gasteiger partial charge in [0.15, 0.2) is 0 Å². The largest absolute Gasteiger partial charge is 0.480 e. The fraction of sp³-hybridized carbons (Fsp3) is 0.214. The predicted octanol–water partition coefficient (Wildman–Crippen LogP) is 0.881. The number of aliphatic carboxylic acids is 1. The molecule has 0 bridgehead atoms. The number of nitrogens with two attached hydrogens (primary N) is 1. The van der Waals surface area contributed by atoms with Crippen molar-refractivity contribution in [1.29, 1.82) is 0 Å². The van der Waals surface area contributed by atoms with Crippen molar-refractivity contribution < 1.29 is 23.9 Å². The highest BCUT2D eigenvalue weighted by Gasteiger charge is 2.23. The average Bonchev–Trinajstić information content (AvgIpc) is 2.86. The minimum atomic E-state index is -1.22. The van der Waals surface area contributed by atoms with E-state index in [1.54, 1.807) is 24.3 Å². The first-order valence-corrected chi connectivity index (χ1v) is 6.27. The summed E-state index contributed by atoms with van der Waals surface area (Å²) in [4.78, 5) is 33.9. The molecule has 1 atom stereocenters. The molecular weight excluding hydrogens is 276 g/mol. The SMILES string of the molecule is NC(=O)CC[C@H](NC(=O)c1coc2ccccc12)C(=O)O. The predicted molar refractivity (Wildman–Crippen MR) is 73.5 cm³/mol. The highest BCUT2D eigenvalue weighted by atomic mass is 16.4. The summed E-state index contributed by atoms with van der Waals surface area (Å²) in [6, 6.07) is 5.73. The second-order valence-corrected chi connectivity index (χ2v) is 4.51. The van der Waals surface area contributed by atoms with Crippen molar-refractivity contribution in [3.63, 3.8) is 0 Å². The van der Waals surface area contributed by atoms with E-state index in [9.17, 15) is 14.4 Å². The first-order valence-electron chi connectivity index (χ1n) is 6.27. The summed E-state index contributed by atoms with van der Waals surface area (Å²) < 4.78 is 5.23. The molecule has 0 unspecified atom stereocenters. The van der Waals surface area contributed by atoms with Crippen molar-refractivity contribution >= 4 is 28.8 Å². The van der Waals surface area contributed by atoms with Crippen LogP contribution >= 0.6 is 0 Å². The average molecular weight is 290 g/mol. The van der Waals surface area contributed by atoms with Gasteiger partial charge >= 0.3 is 5.97 Å². The molecule has 0 saturated carbocycles. The third kappa shape index (κ3) is 3.38. The molecule has 2 rings (SSSR count). The Kier molecular flexibility index (Phi) is 4.22. The van der Waals surface area contributed by atoms with Gasteiger partial charge in [-0.3, -0.25) is 9.59 Å². The Morgan fingerprint density at radius 2 is 2.00 bits per heavy atom. The highest BCUT2D eigenvalue weighted by Crippen LogP contribution is 2.20. The molecule has 110 valence electrons. The van der Waals surface area contributed by atoms with Crippen LogP contribution in [0.1, 0.15) is 23.2 Å². The van der Waals surface area contributed by atoms with Crippen LogP contribution in [-0.2, 0) is 9.59 Å². The molecule has 21 heavy (non-hydrogen) atoms. The minimum Gasteiger partial charge on any atom is -0.480 e. The fourth-order valence-corrected chi connectivity index (χ4v) is 1.93. The minimum absolute atomic E-state index is 0.0633. The summed E-state index contributed by atoms with van der Waals surface area (Å²) in [7, 11) is 0. The van der Waals surface area contributed by atoms with Gasteiger partial charge in [-0.1, -0.05) is 18.2 Å². The molecule has 0 aliphatic rings. The normalized spacial score (nSPS) is 12.0. The van der Waals surface area contributed by atoms with Crippen LogP contribution in [-0.4, -0.2) is 28.9 Å². The number of nitrogens with one attached hydrogen (secondary N) is 1. The zero-order valence-corrected chi connectivity index (χ0v) is 11.0. The zero-order chi connectivity index (χ0) is 15.4. The number of benzene rings is 1. The van der Waals surface area contributed by atoms with Gasteiger partial charge < -0.3 is 20.6 Å². The van der Waals surface area contributed by atoms with Gasteiger partial charge in [0.25, 0.3) is 5.91 Å². The van der Waals surface area contributed by atoms with Crippen molar-refractivity contribution in [2.75, 3.05) is 0 Å². The van der Waals surface area contributed by atoms with E-state index < -0.39 is 23.8 Å². The third-order valence-electron chi connectivity index (χ3n) is 3.01. The molecule has 0 fully saturated rings. The molecule has 2 amide bonds. The Balaban J connectivity index is 2.15. The van der Waals surface area contributed by atoms with Gasteiger partial charge in [-0.2, -0.15) is 0 Å². The van der Waals surface area contributed by atoms with E-state index in [-0.39, 0.29) is 18.4 Å². The van der Waals surface area contributed by atoms with Crippen molar-refractivity contribution in [3.05, 3.63) is 36.1 Å². The van der Waals surface area contributed by atoms with Crippen molar-refractivity contribution in [3.8, 4) is 0 Å². The van der Waals surface area contributed by atoms with E-state index in [1.807, 2.05) is 0 Å². The number of carboxylic acids is 1. The summed E-state index contributed by atoms with van der Waals surface area (Å²) in [5, 5.41) is 12.0. The second kappa shape index (κ2) is 6.08. The number of hydrogen-bond donors (Lipinski definition) is 3. The van der Waals surface area contributed by atoms with Gasteiger partial charge in [-0.25, -0.2) is 4.79 Å². The van der Waals surface area contributed by atoms with Crippen LogP contribution in [0.5, 0.6) is 0 Å². The number of carbonyl (C=O) groups excluding carboxylic acids is 2. The number of amides is 2. The number of carbonyl (C=O) groups is 3. The summed E-state index contributed by atoms with van der Waals surface area (Å²) in [6.45, 7) is 0. The smallest absolute Gasteiger partial charge is 0.326 e. The topological polar surface area (TPSA) is 123 Å². The molecule has 1 aromatic carbocycles. The van der Waals surface area contributed by atoms with E-state index in [2.05, 4.69) is 5.32 Å². The fourth-order valence-electron chi connectivity index (χ4n) is 1.93. The molecule has 0 aliphatic carbocycles. The van der Waals surface area contributed by atoms with E-state index >= 15 is 0 Å². The standard InChI is InChI=1S/C14H14N2O5/c15-12(17)6-5-10(14(19)20)16-13(18)9-7-21-11-4-2-1-3-8(9)11/h1-4,7,10H,5-6H2,(H2,15,17)(H,16,18)(H,19,20)/t10-/m0/s1. The summed E-state index contributed by atoms with van der Waals surface area (Å²) in [5.41, 5.74) is 5.76. The number of hydrogen-bond acceptors (Lipinski definition) is 4. The van der Waals surface area contributed by atoms with E-state index in [0.717, 1.165) is 0 Å². The molecule has 0 spiro atoms. The molecule has 7 heteroatoms. The number of fused-ring (bicyclic) bond motifs is 1. The van der Waals surface area contributed by atoms with Crippen molar-refractivity contribution in [2.24, 2.45) is 5.73 Å². The van der Waals surface area contributed by atoms with Crippen LogP contribution < -0.4 is 11.1 Å². The molecule has 7 nitrogen and oxygen atoms in total. The summed E-state index contributed by atoms with van der Waals surface area (Å²) in [6.07, 6.45) is 1.09. The van der Waals surface area contributed by atoms with Gasteiger partial charge in [0.1, 0.15) is 17.9 Å². The van der Waals surface area contributed by atoms with E-state index in [0.29, 0.717) is 11.0 Å². The molecule has 0 radical (unpaired) electrons. The molecular formula is C14H14N2O5. The molecule has 2 aromatic rings. The Morgan fingerprint density at radius 3 is 2.67 bits per heavy atom. The van der Waals surface area contributed by atoms with Gasteiger partial charge in [0.05, 0.1) is 5.56 Å². The highest BCUT2D eigenvalue weighted by molar-refractivity contribution is 6.06. The van der Waals surface area contributed by atoms with Crippen LogP contribution in [0.4, 0.5) is 0 Å². The second-order valence-electron chi connectivity index (χ2n) is 4.51. The molecule has 0 aliphatic heterocycles. The zero-order valence-electron chi connectivity index (χ0n) is 11.0. The van der Waals surface area contributed by atoms with E-state index in [4.69, 9.17) is 15.3 Å². The van der Waals surface area contributed by atoms with Crippen LogP contribution in [0.3, 0.4) is 0 Å². The van der Waals surface area contributed by atoms with Crippen molar-refractivity contribution in [1.82, 2.24) is 5.32 Å². The lowest BCUT2D eigenvalue weighted by Crippen LogP contribution is -2.41. The maximum Gasteiger partial charge on any atom is 0.326 e. The summed E-state index contributed by atoms with van der Waals surface area (Å²) >= 11 is 0. The van der Waals surface area contributed by atoms with Crippen LogP contribution in [0.15, 0.2) is 34.9 Å². The maximum atomic E-state index is 12.1. The lowest BCUT2D eigenvalue weighted by molar-refractivity contribution is -0.139. The maximum absolute atomic E-state index is 12.1. The van der Waals surface area contributed by atoms with Gasteiger partial charge in [0.2, 0.25) is 5.91 Å². The number of carboxylic acid groups (broad SMARTS) is 1. The molecule has 0 saturated heterocycles. The van der Waals surface area contributed by atoms with Crippen molar-refractivity contribution in [2.45, 2.75) is 18.9 Å². The summed E-state index contributed by atoms with van der Waals surface area (Å²) in [5.74, 6) is -2.42. The lowest BCUT2D eigenvalue weighted by atomic mass is 10.1. The quantitative estimate of drug-likeness (QED) is 0.728. The van der Waals surface area contributed by atoms with Gasteiger partial charge in [-0.05, 0) is 12.5 Å². The number of rotatable bonds is 6. The molecule has 1 aromatic heterocycles. The lowest BCUT2D eigenvalue weighted by Gasteiger charge is -2.13. The van der Waals surface area contributed by atoms with Gasteiger partial charge in [0, 0.05) is 11.8 Å². The monoisotopic (exact) mass is 290 g/mol. The first kappa shape index (κ1) is 14.6. The van der Waals surface area contributed by atoms with Crippen LogP contribution in [0, 0.1) is 0 Å². The third-order valence-corrected chi connectivity index (χ3v) is 3.01. The molecule has 1 heterocycles. The number of para-hydroxylation sites is 1. The van der Waals surface area contributed by atoms with Crippen LogP contribution in [0.25, 0.3) is 11.0 Å². The Labute approximate surface area is 119 Å². The Hall–Kier alpha value is -2.83. The van der Waals surface area contributed by atoms with E-state index in [1.165, 1.54) is 6.26 Å². The first-order chi connectivity index (χ1) is 9.99.